The van der Waals surface area contributed by atoms with Crippen molar-refractivity contribution in [2.75, 3.05) is 11.3 Å². The molecule has 0 aliphatic carbocycles. The van der Waals surface area contributed by atoms with Crippen molar-refractivity contribution in [1.82, 2.24) is 5.32 Å². The first-order valence-corrected chi connectivity index (χ1v) is 11.3. The number of rotatable bonds is 7. The maximum Gasteiger partial charge on any atom is 0.261 e. The van der Waals surface area contributed by atoms with E-state index in [0.717, 1.165) is 11.1 Å². The fraction of sp³-hybridized carbons (Fsp3) is 0.174. The minimum Gasteiger partial charge on any atom is -0.351 e. The van der Waals surface area contributed by atoms with Crippen LogP contribution in [0.25, 0.3) is 0 Å². The van der Waals surface area contributed by atoms with E-state index in [2.05, 4.69) is 10.0 Å². The van der Waals surface area contributed by atoms with Gasteiger partial charge in [0.15, 0.2) is 0 Å². The van der Waals surface area contributed by atoms with Gasteiger partial charge in [-0.1, -0.05) is 66.6 Å². The highest BCUT2D eigenvalue weighted by molar-refractivity contribution is 7.92. The topological polar surface area (TPSA) is 75.3 Å². The highest BCUT2D eigenvalue weighted by Crippen LogP contribution is 2.26. The average Bonchev–Trinajstić information content (AvgIpc) is 2.74. The summed E-state index contributed by atoms with van der Waals surface area (Å²) in [7, 11) is -3.77. The average molecular weight is 443 g/mol. The van der Waals surface area contributed by atoms with Crippen LogP contribution in [0.5, 0.6) is 0 Å². The van der Waals surface area contributed by atoms with Crippen molar-refractivity contribution >= 4 is 33.2 Å². The summed E-state index contributed by atoms with van der Waals surface area (Å²) < 4.78 is 27.6. The Morgan fingerprint density at radius 3 is 2.30 bits per heavy atom. The summed E-state index contributed by atoms with van der Waals surface area (Å²) in [6.45, 7) is 4.39. The van der Waals surface area contributed by atoms with Crippen LogP contribution in [0.3, 0.4) is 0 Å². The first-order valence-electron chi connectivity index (χ1n) is 9.48. The third kappa shape index (κ3) is 5.40. The molecule has 0 bridgehead atoms. The number of hydrogen-bond donors (Lipinski definition) is 2. The van der Waals surface area contributed by atoms with Crippen LogP contribution in [-0.2, 0) is 10.0 Å². The van der Waals surface area contributed by atoms with Crippen LogP contribution < -0.4 is 10.0 Å². The Bertz CT molecular complexity index is 1130. The van der Waals surface area contributed by atoms with Crippen LogP contribution in [0, 0.1) is 6.92 Å². The summed E-state index contributed by atoms with van der Waals surface area (Å²) in [6, 6.07) is 20.9. The van der Waals surface area contributed by atoms with Gasteiger partial charge in [-0.05, 0) is 48.7 Å². The third-order valence-corrected chi connectivity index (χ3v) is 6.44. The van der Waals surface area contributed by atoms with Gasteiger partial charge in [-0.2, -0.15) is 0 Å². The Hall–Kier alpha value is -2.83. The largest absolute Gasteiger partial charge is 0.351 e. The minimum atomic E-state index is -3.77. The molecule has 156 valence electrons. The number of nitrogens with one attached hydrogen (secondary N) is 2. The van der Waals surface area contributed by atoms with Gasteiger partial charge in [0.25, 0.3) is 15.9 Å². The number of amides is 1. The zero-order chi connectivity index (χ0) is 21.7. The van der Waals surface area contributed by atoms with Gasteiger partial charge in [0.05, 0.1) is 15.6 Å². The zero-order valence-corrected chi connectivity index (χ0v) is 18.3. The monoisotopic (exact) mass is 442 g/mol. The smallest absolute Gasteiger partial charge is 0.261 e. The van der Waals surface area contributed by atoms with Gasteiger partial charge in [0.2, 0.25) is 0 Å². The van der Waals surface area contributed by atoms with Crippen molar-refractivity contribution in [3.05, 3.63) is 94.5 Å². The van der Waals surface area contributed by atoms with Crippen LogP contribution in [0.4, 0.5) is 5.69 Å². The van der Waals surface area contributed by atoms with E-state index in [0.29, 0.717) is 12.1 Å². The van der Waals surface area contributed by atoms with Crippen molar-refractivity contribution in [2.45, 2.75) is 24.7 Å². The Balaban J connectivity index is 1.67. The maximum absolute atomic E-state index is 12.5. The predicted molar refractivity (Wildman–Crippen MR) is 121 cm³/mol. The number of anilines is 1. The molecule has 7 heteroatoms. The summed E-state index contributed by atoms with van der Waals surface area (Å²) in [5, 5.41) is 3.03. The van der Waals surface area contributed by atoms with E-state index < -0.39 is 10.0 Å². The summed E-state index contributed by atoms with van der Waals surface area (Å²) in [5.41, 5.74) is 2.67. The zero-order valence-electron chi connectivity index (χ0n) is 16.7. The van der Waals surface area contributed by atoms with E-state index >= 15 is 0 Å². The summed E-state index contributed by atoms with van der Waals surface area (Å²) >= 11 is 6.24. The van der Waals surface area contributed by atoms with Crippen LogP contribution in [0.15, 0.2) is 77.7 Å². The minimum absolute atomic E-state index is 0.140. The van der Waals surface area contributed by atoms with Gasteiger partial charge in [-0.3, -0.25) is 9.52 Å². The summed E-state index contributed by atoms with van der Waals surface area (Å²) in [5.74, 6) is -0.112. The van der Waals surface area contributed by atoms with Crippen LogP contribution in [0.1, 0.15) is 34.3 Å². The lowest BCUT2D eigenvalue weighted by Gasteiger charge is -2.14. The van der Waals surface area contributed by atoms with Gasteiger partial charge in [0.1, 0.15) is 0 Å². The second-order valence-corrected chi connectivity index (χ2v) is 9.22. The van der Waals surface area contributed by atoms with Gasteiger partial charge < -0.3 is 5.32 Å². The van der Waals surface area contributed by atoms with Gasteiger partial charge >= 0.3 is 0 Å². The second kappa shape index (κ2) is 9.32. The molecule has 5 nitrogen and oxygen atoms in total. The quantitative estimate of drug-likeness (QED) is 0.541. The van der Waals surface area contributed by atoms with Gasteiger partial charge in [0, 0.05) is 12.1 Å². The van der Waals surface area contributed by atoms with E-state index in [1.54, 1.807) is 18.2 Å². The molecule has 0 saturated carbocycles. The number of hydrogen-bond acceptors (Lipinski definition) is 3. The molecule has 1 amide bonds. The molecule has 0 radical (unpaired) electrons. The highest BCUT2D eigenvalue weighted by Gasteiger charge is 2.17. The molecular formula is C23H23ClN2O3S. The molecule has 0 heterocycles. The lowest BCUT2D eigenvalue weighted by atomic mass is 10.0. The Morgan fingerprint density at radius 2 is 1.67 bits per heavy atom. The van der Waals surface area contributed by atoms with E-state index in [4.69, 9.17) is 11.6 Å². The molecule has 0 aromatic heterocycles. The molecule has 3 aromatic rings. The van der Waals surface area contributed by atoms with Crippen LogP contribution >= 0.6 is 11.6 Å². The highest BCUT2D eigenvalue weighted by atomic mass is 35.5. The lowest BCUT2D eigenvalue weighted by Crippen LogP contribution is -2.27. The Morgan fingerprint density at radius 1 is 1.00 bits per heavy atom. The fourth-order valence-corrected chi connectivity index (χ4v) is 4.27. The first kappa shape index (κ1) is 21.9. The number of benzene rings is 3. The second-order valence-electron chi connectivity index (χ2n) is 7.13. The molecule has 0 spiro atoms. The summed E-state index contributed by atoms with van der Waals surface area (Å²) in [4.78, 5) is 12.6. The van der Waals surface area contributed by atoms with Crippen LogP contribution in [0.2, 0.25) is 5.02 Å². The first-order chi connectivity index (χ1) is 14.3. The van der Waals surface area contributed by atoms with E-state index in [1.807, 2.05) is 44.2 Å². The van der Waals surface area contributed by atoms with E-state index in [9.17, 15) is 13.2 Å². The molecule has 2 N–H and O–H groups in total. The molecule has 30 heavy (non-hydrogen) atoms. The van der Waals surface area contributed by atoms with Gasteiger partial charge in [-0.25, -0.2) is 8.42 Å². The number of carbonyl (C=O) groups is 1. The molecular weight excluding hydrogens is 420 g/mol. The SMILES string of the molecule is Cc1ccc(S(=O)(=O)Nc2ccc(C(=O)NC[C@H](C)c3ccccc3)cc2Cl)cc1. The van der Waals surface area contributed by atoms with Crippen LogP contribution in [-0.4, -0.2) is 20.9 Å². The molecule has 0 unspecified atom stereocenters. The third-order valence-electron chi connectivity index (χ3n) is 4.74. The maximum atomic E-state index is 12.5. The number of sulfonamides is 1. The predicted octanol–water partition coefficient (Wildman–Crippen LogP) is 4.98. The lowest BCUT2D eigenvalue weighted by molar-refractivity contribution is 0.0951. The van der Waals surface area contributed by atoms with Crippen molar-refractivity contribution in [3.8, 4) is 0 Å². The number of halogens is 1. The van der Waals surface area contributed by atoms with E-state index in [-0.39, 0.29) is 27.4 Å². The number of aryl methyl sites for hydroxylation is 1. The van der Waals surface area contributed by atoms with Crippen molar-refractivity contribution in [3.63, 3.8) is 0 Å². The molecule has 0 saturated heterocycles. The Labute approximate surface area is 182 Å². The molecule has 1 atom stereocenters. The normalized spacial score (nSPS) is 12.2. The molecule has 3 rings (SSSR count). The standard InChI is InChI=1S/C23H23ClN2O3S/c1-16-8-11-20(12-9-16)30(28,29)26-22-13-10-19(14-21(22)24)23(27)25-15-17(2)18-6-4-3-5-7-18/h3-14,17,26H,15H2,1-2H3,(H,25,27)/t17-/m0/s1. The van der Waals surface area contributed by atoms with Gasteiger partial charge in [-0.15, -0.1) is 0 Å². The van der Waals surface area contributed by atoms with Crippen molar-refractivity contribution in [1.29, 1.82) is 0 Å². The molecule has 0 aliphatic heterocycles. The Kier molecular flexibility index (Phi) is 6.80. The fourth-order valence-electron chi connectivity index (χ4n) is 2.91. The summed E-state index contributed by atoms with van der Waals surface area (Å²) in [6.07, 6.45) is 0. The molecule has 0 aliphatic rings. The number of carbonyl (C=O) groups excluding carboxylic acids is 1. The molecule has 3 aromatic carbocycles. The van der Waals surface area contributed by atoms with Crippen molar-refractivity contribution in [2.24, 2.45) is 0 Å². The van der Waals surface area contributed by atoms with Crippen molar-refractivity contribution < 1.29 is 13.2 Å². The molecule has 0 fully saturated rings. The van der Waals surface area contributed by atoms with E-state index in [1.165, 1.54) is 24.3 Å².